The first-order valence-corrected chi connectivity index (χ1v) is 9.14. The van der Waals surface area contributed by atoms with E-state index in [0.717, 1.165) is 5.56 Å². The van der Waals surface area contributed by atoms with Gasteiger partial charge in [0.25, 0.3) is 0 Å². The number of Topliss-reactive ketones (excluding diaryl/α,β-unsaturated/α-hetero) is 1. The molecule has 152 valence electrons. The zero-order valence-corrected chi connectivity index (χ0v) is 17.1. The third-order valence-corrected chi connectivity index (χ3v) is 5.18. The van der Waals surface area contributed by atoms with Gasteiger partial charge in [0.2, 0.25) is 5.67 Å². The van der Waals surface area contributed by atoms with Crippen LogP contribution in [-0.2, 0) is 17.5 Å². The molecule has 0 aliphatic carbocycles. The van der Waals surface area contributed by atoms with Crippen LogP contribution in [0.1, 0.15) is 65.9 Å². The molecule has 5 heteroatoms. The van der Waals surface area contributed by atoms with Crippen LogP contribution >= 0.6 is 0 Å². The molecule has 0 heterocycles. The summed E-state index contributed by atoms with van der Waals surface area (Å²) in [5.74, 6) is -0.127. The fourth-order valence-electron chi connectivity index (χ4n) is 3.13. The highest BCUT2D eigenvalue weighted by Gasteiger charge is 2.53. The number of aryl methyl sites for hydroxylation is 2. The number of ketones is 1. The van der Waals surface area contributed by atoms with Crippen molar-refractivity contribution in [2.24, 2.45) is 0 Å². The van der Waals surface area contributed by atoms with Gasteiger partial charge in [0.1, 0.15) is 0 Å². The van der Waals surface area contributed by atoms with E-state index < -0.39 is 17.4 Å². The lowest BCUT2D eigenvalue weighted by atomic mass is 9.85. The quantitative estimate of drug-likeness (QED) is 0.413. The Bertz CT molecular complexity index is 846. The zero-order chi connectivity index (χ0) is 21.5. The van der Waals surface area contributed by atoms with Gasteiger partial charge in [0.05, 0.1) is 0 Å². The van der Waals surface area contributed by atoms with Crippen molar-refractivity contribution in [3.05, 3.63) is 69.8 Å². The van der Waals surface area contributed by atoms with E-state index in [4.69, 9.17) is 0 Å². The number of carbonyl (C=O) groups excluding carboxylic acids is 1. The van der Waals surface area contributed by atoms with Crippen LogP contribution in [0.4, 0.5) is 17.6 Å². The molecule has 0 spiro atoms. The molecule has 1 nitrogen and oxygen atoms in total. The average molecular weight is 394 g/mol. The van der Waals surface area contributed by atoms with Crippen molar-refractivity contribution in [1.82, 2.24) is 0 Å². The second kappa shape index (κ2) is 7.34. The molecule has 0 saturated carbocycles. The second-order valence-electron chi connectivity index (χ2n) is 8.52. The van der Waals surface area contributed by atoms with E-state index in [1.54, 1.807) is 26.0 Å². The Morgan fingerprint density at radius 3 is 1.68 bits per heavy atom. The van der Waals surface area contributed by atoms with Crippen LogP contribution in [0.2, 0.25) is 0 Å². The van der Waals surface area contributed by atoms with Crippen LogP contribution in [0.3, 0.4) is 0 Å². The topological polar surface area (TPSA) is 17.1 Å². The number of rotatable bonds is 4. The van der Waals surface area contributed by atoms with Gasteiger partial charge in [-0.2, -0.15) is 13.2 Å². The molecule has 0 fully saturated rings. The minimum atomic E-state index is -5.00. The molecule has 0 saturated heterocycles. The molecule has 0 N–H and O–H groups in total. The monoisotopic (exact) mass is 394 g/mol. The molecule has 2 aromatic carbocycles. The summed E-state index contributed by atoms with van der Waals surface area (Å²) in [4.78, 5) is 12.7. The molecule has 0 radical (unpaired) electrons. The average Bonchev–Trinajstić information content (AvgIpc) is 2.56. The van der Waals surface area contributed by atoms with Gasteiger partial charge in [0, 0.05) is 12.0 Å². The summed E-state index contributed by atoms with van der Waals surface area (Å²) in [5, 5.41) is 0. The minimum Gasteiger partial charge on any atom is -0.294 e. The maximum Gasteiger partial charge on any atom is 0.426 e. The van der Waals surface area contributed by atoms with E-state index in [2.05, 4.69) is 20.8 Å². The lowest BCUT2D eigenvalue weighted by Gasteiger charge is -2.25. The number of carbonyl (C=O) groups is 1. The highest BCUT2D eigenvalue weighted by atomic mass is 19.4. The highest BCUT2D eigenvalue weighted by molar-refractivity contribution is 5.97. The van der Waals surface area contributed by atoms with Crippen molar-refractivity contribution in [1.29, 1.82) is 0 Å². The van der Waals surface area contributed by atoms with Gasteiger partial charge in [0.15, 0.2) is 5.78 Å². The predicted molar refractivity (Wildman–Crippen MR) is 104 cm³/mol. The predicted octanol–water partition coefficient (Wildman–Crippen LogP) is 6.77. The van der Waals surface area contributed by atoms with Crippen molar-refractivity contribution in [2.45, 2.75) is 65.2 Å². The fourth-order valence-corrected chi connectivity index (χ4v) is 3.13. The van der Waals surface area contributed by atoms with Gasteiger partial charge in [-0.3, -0.25) is 4.79 Å². The van der Waals surface area contributed by atoms with Crippen LogP contribution < -0.4 is 0 Å². The van der Waals surface area contributed by atoms with E-state index in [-0.39, 0.29) is 17.6 Å². The van der Waals surface area contributed by atoms with Crippen molar-refractivity contribution in [2.75, 3.05) is 0 Å². The standard InChI is InChI=1S/C23H26F4O/c1-14-11-18(22(6,24)23(25,26)27)12-15(2)19(14)13-20(28)16-7-9-17(10-8-16)21(3,4)5/h7-12H,13H2,1-6H3. The summed E-state index contributed by atoms with van der Waals surface area (Å²) in [6.07, 6.45) is -4.94. The van der Waals surface area contributed by atoms with E-state index in [1.807, 2.05) is 12.1 Å². The Morgan fingerprint density at radius 2 is 1.29 bits per heavy atom. The first kappa shape index (κ1) is 22.1. The van der Waals surface area contributed by atoms with Crippen LogP contribution in [0.15, 0.2) is 36.4 Å². The molecule has 0 bridgehead atoms. The summed E-state index contributed by atoms with van der Waals surface area (Å²) in [6.45, 7) is 9.97. The second-order valence-corrected chi connectivity index (χ2v) is 8.52. The summed E-state index contributed by atoms with van der Waals surface area (Å²) < 4.78 is 53.3. The summed E-state index contributed by atoms with van der Waals surface area (Å²) >= 11 is 0. The molecule has 1 unspecified atom stereocenters. The van der Waals surface area contributed by atoms with Gasteiger partial charge in [-0.15, -0.1) is 0 Å². The molecule has 0 aromatic heterocycles. The fraction of sp³-hybridized carbons (Fsp3) is 0.435. The smallest absolute Gasteiger partial charge is 0.294 e. The van der Waals surface area contributed by atoms with Crippen molar-refractivity contribution in [3.8, 4) is 0 Å². The molecule has 0 aliphatic heterocycles. The third-order valence-electron chi connectivity index (χ3n) is 5.18. The molecule has 2 aromatic rings. The number of hydrogen-bond donors (Lipinski definition) is 0. The maximum atomic E-state index is 14.3. The summed E-state index contributed by atoms with van der Waals surface area (Å²) in [5.41, 5.74) is -0.676. The number of hydrogen-bond acceptors (Lipinski definition) is 1. The minimum absolute atomic E-state index is 0.0257. The molecule has 1 atom stereocenters. The first-order valence-electron chi connectivity index (χ1n) is 9.14. The lowest BCUT2D eigenvalue weighted by Crippen LogP contribution is -2.35. The van der Waals surface area contributed by atoms with Gasteiger partial charge < -0.3 is 0 Å². The van der Waals surface area contributed by atoms with Crippen LogP contribution in [-0.4, -0.2) is 12.0 Å². The Balaban J connectivity index is 2.31. The Kier molecular flexibility index (Phi) is 5.80. The van der Waals surface area contributed by atoms with Gasteiger partial charge in [-0.25, -0.2) is 4.39 Å². The largest absolute Gasteiger partial charge is 0.426 e. The zero-order valence-electron chi connectivity index (χ0n) is 17.1. The van der Waals surface area contributed by atoms with Crippen molar-refractivity contribution >= 4 is 5.78 Å². The molecular weight excluding hydrogens is 368 g/mol. The van der Waals surface area contributed by atoms with E-state index >= 15 is 0 Å². The third kappa shape index (κ3) is 4.45. The summed E-state index contributed by atoms with van der Waals surface area (Å²) in [6, 6.07) is 9.73. The van der Waals surface area contributed by atoms with Gasteiger partial charge in [-0.05, 0) is 54.0 Å². The lowest BCUT2D eigenvalue weighted by molar-refractivity contribution is -0.228. The van der Waals surface area contributed by atoms with Gasteiger partial charge >= 0.3 is 6.18 Å². The Morgan fingerprint density at radius 1 is 0.821 bits per heavy atom. The molecule has 0 amide bonds. The molecule has 0 aliphatic rings. The Hall–Kier alpha value is -2.17. The Labute approximate surface area is 163 Å². The summed E-state index contributed by atoms with van der Waals surface area (Å²) in [7, 11) is 0. The van der Waals surface area contributed by atoms with E-state index in [1.165, 1.54) is 12.1 Å². The number of alkyl halides is 4. The first-order chi connectivity index (χ1) is 12.6. The normalized spacial score (nSPS) is 14.6. The SMILES string of the molecule is Cc1cc(C(C)(F)C(F)(F)F)cc(C)c1CC(=O)c1ccc(C(C)(C)C)cc1. The van der Waals surface area contributed by atoms with Crippen LogP contribution in [0.5, 0.6) is 0 Å². The maximum absolute atomic E-state index is 14.3. The van der Waals surface area contributed by atoms with Crippen molar-refractivity contribution < 1.29 is 22.4 Å². The number of benzene rings is 2. The van der Waals surface area contributed by atoms with Gasteiger partial charge in [-0.1, -0.05) is 57.2 Å². The van der Waals surface area contributed by atoms with Crippen LogP contribution in [0, 0.1) is 13.8 Å². The highest BCUT2D eigenvalue weighted by Crippen LogP contribution is 2.43. The van der Waals surface area contributed by atoms with E-state index in [9.17, 15) is 22.4 Å². The van der Waals surface area contributed by atoms with E-state index in [0.29, 0.717) is 29.2 Å². The molecular formula is C23H26F4O. The van der Waals surface area contributed by atoms with Crippen LogP contribution in [0.25, 0.3) is 0 Å². The number of halogens is 4. The molecule has 28 heavy (non-hydrogen) atoms. The van der Waals surface area contributed by atoms with Crippen molar-refractivity contribution in [3.63, 3.8) is 0 Å². The molecule has 2 rings (SSSR count).